The van der Waals surface area contributed by atoms with Crippen molar-refractivity contribution in [1.82, 2.24) is 5.32 Å². The minimum absolute atomic E-state index is 0.00213. The van der Waals surface area contributed by atoms with Gasteiger partial charge in [0.15, 0.2) is 0 Å². The van der Waals surface area contributed by atoms with Crippen LogP contribution in [0.4, 0.5) is 0 Å². The zero-order valence-electron chi connectivity index (χ0n) is 12.2. The molecule has 108 valence electrons. The molecule has 1 aliphatic rings. The van der Waals surface area contributed by atoms with Crippen LogP contribution in [0, 0.1) is 0 Å². The molecule has 3 rings (SSSR count). The topological polar surface area (TPSA) is 29.1 Å². The number of carbonyl (C=O) groups excluding carboxylic acids is 1. The highest BCUT2D eigenvalue weighted by Crippen LogP contribution is 2.31. The normalized spacial score (nSPS) is 17.5. The Balaban J connectivity index is 1.82. The molecule has 0 heterocycles. The number of carbonyl (C=O) groups is 1. The third-order valence-corrected chi connectivity index (χ3v) is 4.50. The van der Waals surface area contributed by atoms with Gasteiger partial charge < -0.3 is 5.32 Å². The number of aldehydes is 1. The van der Waals surface area contributed by atoms with Crippen LogP contribution in [0.2, 0.25) is 0 Å². The van der Waals surface area contributed by atoms with Crippen molar-refractivity contribution in [2.24, 2.45) is 0 Å². The van der Waals surface area contributed by atoms with Gasteiger partial charge >= 0.3 is 0 Å². The predicted octanol–water partition coefficient (Wildman–Crippen LogP) is 4.00. The van der Waals surface area contributed by atoms with Gasteiger partial charge in [-0.05, 0) is 35.3 Å². The second-order valence-corrected chi connectivity index (χ2v) is 5.85. The fourth-order valence-electron chi connectivity index (χ4n) is 3.35. The van der Waals surface area contributed by atoms with Gasteiger partial charge in [-0.25, -0.2) is 0 Å². The maximum Gasteiger partial charge on any atom is 0.142 e. The third-order valence-electron chi connectivity index (χ3n) is 4.50. The summed E-state index contributed by atoms with van der Waals surface area (Å²) in [5.74, 6) is 0. The van der Waals surface area contributed by atoms with Crippen LogP contribution in [0.1, 0.15) is 31.2 Å². The molecule has 1 aliphatic carbocycles. The molecular weight excluding hydrogens is 258 g/mol. The van der Waals surface area contributed by atoms with E-state index in [9.17, 15) is 4.79 Å². The Bertz CT molecular complexity index is 648. The Labute approximate surface area is 125 Å². The van der Waals surface area contributed by atoms with E-state index in [1.807, 2.05) is 0 Å². The maximum atomic E-state index is 10.6. The fraction of sp³-hybridized carbons (Fsp3) is 0.316. The first-order valence-electron chi connectivity index (χ1n) is 7.68. The average Bonchev–Trinajstić information content (AvgIpc) is 3.00. The Kier molecular flexibility index (Phi) is 4.16. The molecule has 0 saturated heterocycles. The van der Waals surface area contributed by atoms with E-state index in [1.165, 1.54) is 29.2 Å². The highest BCUT2D eigenvalue weighted by atomic mass is 16.1. The molecule has 2 aromatic carbocycles. The molecule has 1 saturated carbocycles. The summed E-state index contributed by atoms with van der Waals surface area (Å²) in [6.45, 7) is 0.838. The Morgan fingerprint density at radius 3 is 2.62 bits per heavy atom. The fourth-order valence-corrected chi connectivity index (χ4v) is 3.35. The van der Waals surface area contributed by atoms with Crippen molar-refractivity contribution in [1.29, 1.82) is 0 Å². The summed E-state index contributed by atoms with van der Waals surface area (Å²) in [6.07, 6.45) is 9.25. The molecule has 0 atom stereocenters. The summed E-state index contributed by atoms with van der Waals surface area (Å²) in [5.41, 5.74) is 1.32. The number of fused-ring (bicyclic) bond motifs is 1. The molecule has 0 unspecified atom stereocenters. The van der Waals surface area contributed by atoms with Crippen molar-refractivity contribution < 1.29 is 4.79 Å². The monoisotopic (exact) mass is 279 g/mol. The molecular formula is C19H21NO. The molecule has 2 nitrogen and oxygen atoms in total. The largest absolute Gasteiger partial charge is 0.304 e. The molecule has 21 heavy (non-hydrogen) atoms. The highest BCUT2D eigenvalue weighted by Gasteiger charge is 2.30. The predicted molar refractivity (Wildman–Crippen MR) is 87.2 cm³/mol. The van der Waals surface area contributed by atoms with Crippen LogP contribution in [0.15, 0.2) is 54.6 Å². The minimum Gasteiger partial charge on any atom is -0.304 e. The van der Waals surface area contributed by atoms with Crippen molar-refractivity contribution in [3.63, 3.8) is 0 Å². The van der Waals surface area contributed by atoms with Crippen LogP contribution in [0.25, 0.3) is 10.8 Å². The van der Waals surface area contributed by atoms with Gasteiger partial charge in [0.2, 0.25) is 0 Å². The molecule has 2 aromatic rings. The van der Waals surface area contributed by atoms with Crippen LogP contribution in [-0.2, 0) is 11.3 Å². The Morgan fingerprint density at radius 1 is 1.05 bits per heavy atom. The van der Waals surface area contributed by atoms with Gasteiger partial charge in [0, 0.05) is 12.1 Å². The molecule has 0 aromatic heterocycles. The average molecular weight is 279 g/mol. The molecule has 0 amide bonds. The van der Waals surface area contributed by atoms with E-state index < -0.39 is 0 Å². The Morgan fingerprint density at radius 2 is 1.81 bits per heavy atom. The van der Waals surface area contributed by atoms with E-state index in [0.29, 0.717) is 0 Å². The van der Waals surface area contributed by atoms with Crippen LogP contribution < -0.4 is 5.32 Å². The zero-order valence-corrected chi connectivity index (χ0v) is 12.2. The summed E-state index contributed by atoms with van der Waals surface area (Å²) in [6, 6.07) is 14.9. The first-order chi connectivity index (χ1) is 10.3. The van der Waals surface area contributed by atoms with Crippen LogP contribution in [0.5, 0.6) is 0 Å². The number of hydrogen-bond acceptors (Lipinski definition) is 2. The lowest BCUT2D eigenvalue weighted by Crippen LogP contribution is -2.40. The molecule has 1 N–H and O–H groups in total. The Hall–Kier alpha value is -1.93. The lowest BCUT2D eigenvalue weighted by Gasteiger charge is -2.27. The first-order valence-corrected chi connectivity index (χ1v) is 7.68. The van der Waals surface area contributed by atoms with Gasteiger partial charge in [-0.3, -0.25) is 4.79 Å². The second kappa shape index (κ2) is 6.23. The van der Waals surface area contributed by atoms with Gasteiger partial charge in [0.25, 0.3) is 0 Å². The lowest BCUT2D eigenvalue weighted by atomic mass is 9.95. The standard InChI is InChI=1S/C19H21NO/c21-14-6-13-19(11-3-4-12-19)20-15-17-9-5-8-16-7-1-2-10-18(16)17/h1-2,5-10,13-14,20H,3-4,11-12,15H2/b13-6+. The summed E-state index contributed by atoms with van der Waals surface area (Å²) in [4.78, 5) is 10.6. The van der Waals surface area contributed by atoms with Crippen molar-refractivity contribution in [2.75, 3.05) is 0 Å². The molecule has 1 fully saturated rings. The summed E-state index contributed by atoms with van der Waals surface area (Å²) < 4.78 is 0. The highest BCUT2D eigenvalue weighted by molar-refractivity contribution is 5.85. The molecule has 2 heteroatoms. The van der Waals surface area contributed by atoms with E-state index in [4.69, 9.17) is 0 Å². The van der Waals surface area contributed by atoms with Gasteiger partial charge in [0.05, 0.1) is 0 Å². The first kappa shape index (κ1) is 14.0. The van der Waals surface area contributed by atoms with Crippen molar-refractivity contribution in [3.8, 4) is 0 Å². The van der Waals surface area contributed by atoms with E-state index in [2.05, 4.69) is 53.9 Å². The van der Waals surface area contributed by atoms with Gasteiger partial charge in [0.1, 0.15) is 6.29 Å². The van der Waals surface area contributed by atoms with E-state index in [-0.39, 0.29) is 5.54 Å². The maximum absolute atomic E-state index is 10.6. The van der Waals surface area contributed by atoms with Crippen molar-refractivity contribution in [3.05, 3.63) is 60.2 Å². The van der Waals surface area contributed by atoms with E-state index >= 15 is 0 Å². The van der Waals surface area contributed by atoms with E-state index in [0.717, 1.165) is 25.7 Å². The smallest absolute Gasteiger partial charge is 0.142 e. The number of nitrogens with one attached hydrogen (secondary N) is 1. The minimum atomic E-state index is -0.00213. The molecule has 0 aliphatic heterocycles. The molecule has 0 bridgehead atoms. The van der Waals surface area contributed by atoms with Gasteiger partial charge in [-0.2, -0.15) is 0 Å². The number of hydrogen-bond donors (Lipinski definition) is 1. The zero-order chi connectivity index (χ0) is 14.5. The molecule has 0 spiro atoms. The number of rotatable bonds is 5. The van der Waals surface area contributed by atoms with Crippen LogP contribution >= 0.6 is 0 Å². The van der Waals surface area contributed by atoms with E-state index in [1.54, 1.807) is 6.08 Å². The van der Waals surface area contributed by atoms with Crippen LogP contribution in [0.3, 0.4) is 0 Å². The second-order valence-electron chi connectivity index (χ2n) is 5.85. The summed E-state index contributed by atoms with van der Waals surface area (Å²) >= 11 is 0. The quantitative estimate of drug-likeness (QED) is 0.662. The summed E-state index contributed by atoms with van der Waals surface area (Å²) in [7, 11) is 0. The number of benzene rings is 2. The third kappa shape index (κ3) is 3.06. The van der Waals surface area contributed by atoms with Crippen LogP contribution in [-0.4, -0.2) is 11.8 Å². The van der Waals surface area contributed by atoms with Crippen molar-refractivity contribution in [2.45, 2.75) is 37.8 Å². The van der Waals surface area contributed by atoms with Gasteiger partial charge in [-0.1, -0.05) is 61.4 Å². The molecule has 0 radical (unpaired) electrons. The van der Waals surface area contributed by atoms with Gasteiger partial charge in [-0.15, -0.1) is 0 Å². The summed E-state index contributed by atoms with van der Waals surface area (Å²) in [5, 5.41) is 6.28. The SMILES string of the molecule is O=C/C=C/C1(NCc2cccc3ccccc23)CCCC1. The lowest BCUT2D eigenvalue weighted by molar-refractivity contribution is -0.104. The number of allylic oxidation sites excluding steroid dienone is 1. The van der Waals surface area contributed by atoms with Crippen molar-refractivity contribution >= 4 is 17.1 Å².